The van der Waals surface area contributed by atoms with Crippen molar-refractivity contribution in [3.05, 3.63) is 88.9 Å². The maximum atomic E-state index is 12.5. The van der Waals surface area contributed by atoms with Crippen molar-refractivity contribution >= 4 is 33.2 Å². The maximum Gasteiger partial charge on any atom is 0.262 e. The molecular weight excluding hydrogens is 436 g/mol. The molecule has 0 atom stereocenters. The van der Waals surface area contributed by atoms with Crippen molar-refractivity contribution in [2.45, 2.75) is 24.8 Å². The number of aryl methyl sites for hydroxylation is 1. The minimum atomic E-state index is -3.75. The van der Waals surface area contributed by atoms with Gasteiger partial charge in [0, 0.05) is 12.2 Å². The smallest absolute Gasteiger partial charge is 0.262 e. The molecule has 0 bridgehead atoms. The highest BCUT2D eigenvalue weighted by Crippen LogP contribution is 2.27. The molecule has 0 heterocycles. The van der Waals surface area contributed by atoms with E-state index in [1.165, 1.54) is 18.2 Å². The molecule has 0 aliphatic heterocycles. The Kier molecular flexibility index (Phi) is 7.68. The highest BCUT2D eigenvalue weighted by molar-refractivity contribution is 7.89. The number of anilines is 1. The Morgan fingerprint density at radius 3 is 2.42 bits per heavy atom. The SMILES string of the molecule is CCc1ccccc1NC(=O)COc1ccc(S(=O)(=O)NCc2ccccc2)cc1Cl. The predicted octanol–water partition coefficient (Wildman–Crippen LogP) is 4.40. The summed E-state index contributed by atoms with van der Waals surface area (Å²) in [7, 11) is -3.75. The molecule has 0 saturated heterocycles. The number of nitrogens with one attached hydrogen (secondary N) is 2. The van der Waals surface area contributed by atoms with Crippen molar-refractivity contribution in [2.24, 2.45) is 0 Å². The number of ether oxygens (including phenoxy) is 1. The number of benzene rings is 3. The van der Waals surface area contributed by atoms with E-state index >= 15 is 0 Å². The van der Waals surface area contributed by atoms with Gasteiger partial charge in [0.25, 0.3) is 5.91 Å². The van der Waals surface area contributed by atoms with Crippen LogP contribution in [-0.2, 0) is 27.8 Å². The highest BCUT2D eigenvalue weighted by Gasteiger charge is 2.16. The van der Waals surface area contributed by atoms with Gasteiger partial charge in [0.1, 0.15) is 5.75 Å². The van der Waals surface area contributed by atoms with Crippen LogP contribution in [0.1, 0.15) is 18.1 Å². The first kappa shape index (κ1) is 22.8. The number of halogens is 1. The molecule has 162 valence electrons. The van der Waals surface area contributed by atoms with Crippen LogP contribution in [0.2, 0.25) is 5.02 Å². The molecule has 0 spiro atoms. The molecule has 8 heteroatoms. The molecule has 0 unspecified atom stereocenters. The predicted molar refractivity (Wildman–Crippen MR) is 122 cm³/mol. The molecule has 1 amide bonds. The summed E-state index contributed by atoms with van der Waals surface area (Å²) in [5.41, 5.74) is 2.59. The molecule has 0 radical (unpaired) electrons. The number of hydrogen-bond donors (Lipinski definition) is 2. The molecule has 2 N–H and O–H groups in total. The Morgan fingerprint density at radius 1 is 1.00 bits per heavy atom. The van der Waals surface area contributed by atoms with Gasteiger partial charge < -0.3 is 10.1 Å². The summed E-state index contributed by atoms with van der Waals surface area (Å²) in [5, 5.41) is 2.91. The average molecular weight is 459 g/mol. The summed E-state index contributed by atoms with van der Waals surface area (Å²) < 4.78 is 33.1. The van der Waals surface area contributed by atoms with E-state index < -0.39 is 10.0 Å². The van der Waals surface area contributed by atoms with E-state index in [0.29, 0.717) is 0 Å². The van der Waals surface area contributed by atoms with E-state index in [1.54, 1.807) is 0 Å². The van der Waals surface area contributed by atoms with Gasteiger partial charge in [0.15, 0.2) is 6.61 Å². The van der Waals surface area contributed by atoms with Crippen LogP contribution in [0.15, 0.2) is 77.7 Å². The van der Waals surface area contributed by atoms with E-state index in [0.717, 1.165) is 23.2 Å². The summed E-state index contributed by atoms with van der Waals surface area (Å²) in [6.07, 6.45) is 0.789. The summed E-state index contributed by atoms with van der Waals surface area (Å²) in [4.78, 5) is 12.2. The van der Waals surface area contributed by atoms with Crippen molar-refractivity contribution in [1.82, 2.24) is 4.72 Å². The lowest BCUT2D eigenvalue weighted by molar-refractivity contribution is -0.118. The largest absolute Gasteiger partial charge is 0.482 e. The number of rotatable bonds is 9. The standard InChI is InChI=1S/C23H23ClN2O4S/c1-2-18-10-6-7-11-21(18)26-23(27)16-30-22-13-12-19(14-20(22)24)31(28,29)25-15-17-8-4-3-5-9-17/h3-14,25H,2,15-16H2,1H3,(H,26,27). The molecule has 31 heavy (non-hydrogen) atoms. The van der Waals surface area contributed by atoms with Crippen LogP contribution in [0.3, 0.4) is 0 Å². The van der Waals surface area contributed by atoms with E-state index in [-0.39, 0.29) is 34.7 Å². The molecule has 3 aromatic rings. The van der Waals surface area contributed by atoms with Crippen molar-refractivity contribution < 1.29 is 17.9 Å². The quantitative estimate of drug-likeness (QED) is 0.497. The summed E-state index contributed by atoms with van der Waals surface area (Å²) in [6.45, 7) is 1.92. The van der Waals surface area contributed by atoms with Crippen LogP contribution in [0, 0.1) is 0 Å². The van der Waals surface area contributed by atoms with Crippen molar-refractivity contribution in [3.63, 3.8) is 0 Å². The lowest BCUT2D eigenvalue weighted by Crippen LogP contribution is -2.23. The zero-order valence-electron chi connectivity index (χ0n) is 17.0. The first-order valence-corrected chi connectivity index (χ1v) is 11.6. The Morgan fingerprint density at radius 2 is 1.71 bits per heavy atom. The molecule has 3 aromatic carbocycles. The second-order valence-electron chi connectivity index (χ2n) is 6.75. The van der Waals surface area contributed by atoms with Crippen LogP contribution in [0.25, 0.3) is 0 Å². The van der Waals surface area contributed by atoms with Gasteiger partial charge in [-0.15, -0.1) is 0 Å². The van der Waals surface area contributed by atoms with Crippen LogP contribution in [-0.4, -0.2) is 20.9 Å². The second-order valence-corrected chi connectivity index (χ2v) is 8.92. The third kappa shape index (κ3) is 6.30. The van der Waals surface area contributed by atoms with Crippen LogP contribution >= 0.6 is 11.6 Å². The molecule has 0 aliphatic rings. The van der Waals surface area contributed by atoms with Gasteiger partial charge >= 0.3 is 0 Å². The average Bonchev–Trinajstić information content (AvgIpc) is 2.78. The Bertz CT molecular complexity index is 1150. The lowest BCUT2D eigenvalue weighted by Gasteiger charge is -2.12. The second kappa shape index (κ2) is 10.4. The zero-order valence-corrected chi connectivity index (χ0v) is 18.5. The van der Waals surface area contributed by atoms with Crippen LogP contribution < -0.4 is 14.8 Å². The minimum absolute atomic E-state index is 0.0158. The normalized spacial score (nSPS) is 11.2. The van der Waals surface area contributed by atoms with E-state index in [9.17, 15) is 13.2 Å². The van der Waals surface area contributed by atoms with Gasteiger partial charge in [-0.05, 0) is 41.8 Å². The fraction of sp³-hybridized carbons (Fsp3) is 0.174. The third-order valence-electron chi connectivity index (χ3n) is 4.55. The van der Waals surface area contributed by atoms with Crippen LogP contribution in [0.5, 0.6) is 5.75 Å². The number of carbonyl (C=O) groups is 1. The lowest BCUT2D eigenvalue weighted by atomic mass is 10.1. The Balaban J connectivity index is 1.60. The van der Waals surface area contributed by atoms with Gasteiger partial charge in [0.05, 0.1) is 9.92 Å². The molecule has 0 fully saturated rings. The molecule has 6 nitrogen and oxygen atoms in total. The van der Waals surface area contributed by atoms with E-state index in [1.807, 2.05) is 61.5 Å². The fourth-order valence-electron chi connectivity index (χ4n) is 2.90. The van der Waals surface area contributed by atoms with E-state index in [4.69, 9.17) is 16.3 Å². The first-order valence-electron chi connectivity index (χ1n) is 9.72. The number of sulfonamides is 1. The Labute approximate surface area is 187 Å². The molecule has 0 aromatic heterocycles. The maximum absolute atomic E-state index is 12.5. The highest BCUT2D eigenvalue weighted by atomic mass is 35.5. The number of para-hydroxylation sites is 1. The third-order valence-corrected chi connectivity index (χ3v) is 6.25. The number of amides is 1. The van der Waals surface area contributed by atoms with Gasteiger partial charge in [-0.1, -0.05) is 67.1 Å². The summed E-state index contributed by atoms with van der Waals surface area (Å²) >= 11 is 6.20. The van der Waals surface area contributed by atoms with E-state index in [2.05, 4.69) is 10.0 Å². The van der Waals surface area contributed by atoms with Gasteiger partial charge in [-0.3, -0.25) is 4.79 Å². The van der Waals surface area contributed by atoms with Gasteiger partial charge in [-0.2, -0.15) is 0 Å². The van der Waals surface area contributed by atoms with Crippen molar-refractivity contribution in [1.29, 1.82) is 0 Å². The molecule has 0 saturated carbocycles. The van der Waals surface area contributed by atoms with Crippen molar-refractivity contribution in [3.8, 4) is 5.75 Å². The van der Waals surface area contributed by atoms with Crippen LogP contribution in [0.4, 0.5) is 5.69 Å². The first-order chi connectivity index (χ1) is 14.9. The molecule has 3 rings (SSSR count). The Hall–Kier alpha value is -2.87. The van der Waals surface area contributed by atoms with Gasteiger partial charge in [0.2, 0.25) is 10.0 Å². The monoisotopic (exact) mass is 458 g/mol. The molecule has 0 aliphatic carbocycles. The zero-order chi connectivity index (χ0) is 22.3. The molecular formula is C23H23ClN2O4S. The van der Waals surface area contributed by atoms with Gasteiger partial charge in [-0.25, -0.2) is 13.1 Å². The summed E-state index contributed by atoms with van der Waals surface area (Å²) in [5.74, 6) is -0.110. The number of carbonyl (C=O) groups excluding carboxylic acids is 1. The van der Waals surface area contributed by atoms with Crippen molar-refractivity contribution in [2.75, 3.05) is 11.9 Å². The topological polar surface area (TPSA) is 84.5 Å². The fourth-order valence-corrected chi connectivity index (χ4v) is 4.25. The summed E-state index contributed by atoms with van der Waals surface area (Å²) in [6, 6.07) is 20.8. The minimum Gasteiger partial charge on any atom is -0.482 e. The number of hydrogen-bond acceptors (Lipinski definition) is 4.